The van der Waals surface area contributed by atoms with Crippen LogP contribution in [-0.2, 0) is 20.0 Å². The number of carboxylic acid groups (broad SMARTS) is 1. The molecule has 0 aliphatic rings. The summed E-state index contributed by atoms with van der Waals surface area (Å²) in [6, 6.07) is 8.61. The third kappa shape index (κ3) is 3.49. The van der Waals surface area contributed by atoms with Crippen LogP contribution in [0.3, 0.4) is 0 Å². The Labute approximate surface area is 124 Å². The van der Waals surface area contributed by atoms with Crippen molar-refractivity contribution >= 4 is 5.97 Å². The van der Waals surface area contributed by atoms with E-state index in [0.29, 0.717) is 12.2 Å². The molecule has 2 N–H and O–H groups in total. The number of nitrogens with zero attached hydrogens (tertiary/aromatic N) is 2. The van der Waals surface area contributed by atoms with Crippen molar-refractivity contribution in [3.8, 4) is 0 Å². The molecule has 0 aliphatic carbocycles. The number of aromatic carboxylic acids is 1. The summed E-state index contributed by atoms with van der Waals surface area (Å²) in [6.07, 6.45) is 2.42. The second-order valence-corrected chi connectivity index (χ2v) is 5.13. The zero-order chi connectivity index (χ0) is 15.4. The highest BCUT2D eigenvalue weighted by molar-refractivity contribution is 5.88. The van der Waals surface area contributed by atoms with Crippen molar-refractivity contribution in [1.29, 1.82) is 0 Å². The van der Waals surface area contributed by atoms with Gasteiger partial charge in [0.1, 0.15) is 5.56 Å². The van der Waals surface area contributed by atoms with Crippen molar-refractivity contribution in [3.05, 3.63) is 52.8 Å². The summed E-state index contributed by atoms with van der Waals surface area (Å²) in [6.45, 7) is 4.67. The molecule has 21 heavy (non-hydrogen) atoms. The van der Waals surface area contributed by atoms with Gasteiger partial charge in [0, 0.05) is 19.6 Å². The van der Waals surface area contributed by atoms with Crippen LogP contribution in [0.5, 0.6) is 0 Å². The summed E-state index contributed by atoms with van der Waals surface area (Å²) in [5.74, 6) is -0.945. The lowest BCUT2D eigenvalue weighted by molar-refractivity contribution is 0.0695. The lowest BCUT2D eigenvalue weighted by Crippen LogP contribution is -2.21. The maximum absolute atomic E-state index is 11.1. The summed E-state index contributed by atoms with van der Waals surface area (Å²) in [7, 11) is 1.75. The highest BCUT2D eigenvalue weighted by atomic mass is 16.4. The standard InChI is InChI=1S/C16H21N3O2/c1-4-12-5-7-13(8-6-12)11(2)17-10-15-14(16(20)21)9-18-19(15)3/h5-9,11,17H,4,10H2,1-3H3,(H,20,21). The van der Waals surface area contributed by atoms with Crippen molar-refractivity contribution in [2.75, 3.05) is 0 Å². The van der Waals surface area contributed by atoms with E-state index in [-0.39, 0.29) is 11.6 Å². The Balaban J connectivity index is 2.05. The van der Waals surface area contributed by atoms with Gasteiger partial charge in [0.05, 0.1) is 11.9 Å². The van der Waals surface area contributed by atoms with E-state index in [1.165, 1.54) is 17.3 Å². The van der Waals surface area contributed by atoms with Crippen LogP contribution in [0.25, 0.3) is 0 Å². The van der Waals surface area contributed by atoms with E-state index >= 15 is 0 Å². The molecule has 2 aromatic rings. The minimum absolute atomic E-state index is 0.146. The third-order valence-corrected chi connectivity index (χ3v) is 3.76. The van der Waals surface area contributed by atoms with Gasteiger partial charge in [0.25, 0.3) is 0 Å². The Morgan fingerprint density at radius 3 is 2.62 bits per heavy atom. The molecule has 0 saturated heterocycles. The second-order valence-electron chi connectivity index (χ2n) is 5.13. The van der Waals surface area contributed by atoms with E-state index in [9.17, 15) is 4.79 Å². The monoisotopic (exact) mass is 287 g/mol. The Morgan fingerprint density at radius 1 is 1.38 bits per heavy atom. The summed E-state index contributed by atoms with van der Waals surface area (Å²) >= 11 is 0. The van der Waals surface area contributed by atoms with E-state index in [2.05, 4.69) is 48.5 Å². The molecule has 1 heterocycles. The van der Waals surface area contributed by atoms with E-state index in [1.807, 2.05) is 0 Å². The number of aryl methyl sites for hydroxylation is 2. The molecule has 1 aromatic heterocycles. The largest absolute Gasteiger partial charge is 0.478 e. The molecule has 1 unspecified atom stereocenters. The Hall–Kier alpha value is -2.14. The minimum Gasteiger partial charge on any atom is -0.478 e. The van der Waals surface area contributed by atoms with Gasteiger partial charge in [-0.05, 0) is 24.5 Å². The predicted molar refractivity (Wildman–Crippen MR) is 81.2 cm³/mol. The zero-order valence-corrected chi connectivity index (χ0v) is 12.6. The molecule has 5 heteroatoms. The topological polar surface area (TPSA) is 67.2 Å². The van der Waals surface area contributed by atoms with Crippen LogP contribution in [0.4, 0.5) is 0 Å². The molecule has 0 amide bonds. The lowest BCUT2D eigenvalue weighted by atomic mass is 10.0. The average molecular weight is 287 g/mol. The van der Waals surface area contributed by atoms with E-state index in [0.717, 1.165) is 6.42 Å². The number of aromatic nitrogens is 2. The molecule has 0 radical (unpaired) electrons. The first-order valence-corrected chi connectivity index (χ1v) is 7.09. The number of hydrogen-bond acceptors (Lipinski definition) is 3. The fourth-order valence-electron chi connectivity index (χ4n) is 2.26. The molecule has 2 rings (SSSR count). The fourth-order valence-corrected chi connectivity index (χ4v) is 2.26. The summed E-state index contributed by atoms with van der Waals surface area (Å²) in [5, 5.41) is 16.5. The number of nitrogens with one attached hydrogen (secondary N) is 1. The molecule has 0 spiro atoms. The molecule has 1 aromatic carbocycles. The lowest BCUT2D eigenvalue weighted by Gasteiger charge is -2.15. The van der Waals surface area contributed by atoms with Gasteiger partial charge in [-0.3, -0.25) is 4.68 Å². The van der Waals surface area contributed by atoms with Crippen molar-refractivity contribution in [2.45, 2.75) is 32.9 Å². The molecular weight excluding hydrogens is 266 g/mol. The van der Waals surface area contributed by atoms with Gasteiger partial charge in [-0.15, -0.1) is 0 Å². The van der Waals surface area contributed by atoms with E-state index in [4.69, 9.17) is 5.11 Å². The molecule has 1 atom stereocenters. The predicted octanol–water partition coefficient (Wildman–Crippen LogP) is 2.53. The summed E-state index contributed by atoms with van der Waals surface area (Å²) < 4.78 is 1.60. The molecule has 0 saturated carbocycles. The van der Waals surface area contributed by atoms with Crippen LogP contribution in [0.15, 0.2) is 30.5 Å². The normalized spacial score (nSPS) is 12.3. The molecular formula is C16H21N3O2. The molecule has 112 valence electrons. The zero-order valence-electron chi connectivity index (χ0n) is 12.6. The van der Waals surface area contributed by atoms with Crippen LogP contribution in [0, 0.1) is 0 Å². The van der Waals surface area contributed by atoms with Crippen LogP contribution in [0.2, 0.25) is 0 Å². The number of carbonyl (C=O) groups is 1. The summed E-state index contributed by atoms with van der Waals surface area (Å²) in [4.78, 5) is 11.1. The first kappa shape index (κ1) is 15.3. The van der Waals surface area contributed by atoms with Gasteiger partial charge < -0.3 is 10.4 Å². The quantitative estimate of drug-likeness (QED) is 0.856. The molecule has 0 bridgehead atoms. The van der Waals surface area contributed by atoms with Crippen LogP contribution in [-0.4, -0.2) is 20.9 Å². The minimum atomic E-state index is -0.945. The van der Waals surface area contributed by atoms with Crippen LogP contribution in [0.1, 0.15) is 47.1 Å². The molecule has 5 nitrogen and oxygen atoms in total. The molecule has 0 fully saturated rings. The van der Waals surface area contributed by atoms with Gasteiger partial charge in [-0.2, -0.15) is 5.10 Å². The average Bonchev–Trinajstić information content (AvgIpc) is 2.86. The van der Waals surface area contributed by atoms with Crippen molar-refractivity contribution in [3.63, 3.8) is 0 Å². The van der Waals surface area contributed by atoms with Crippen LogP contribution >= 0.6 is 0 Å². The Bertz CT molecular complexity index is 617. The van der Waals surface area contributed by atoms with Gasteiger partial charge >= 0.3 is 5.97 Å². The number of rotatable bonds is 6. The van der Waals surface area contributed by atoms with Gasteiger partial charge in [0.15, 0.2) is 0 Å². The second kappa shape index (κ2) is 6.54. The maximum atomic E-state index is 11.1. The number of hydrogen-bond donors (Lipinski definition) is 2. The summed E-state index contributed by atoms with van der Waals surface area (Å²) in [5.41, 5.74) is 3.43. The van der Waals surface area contributed by atoms with Gasteiger partial charge in [-0.25, -0.2) is 4.79 Å². The van der Waals surface area contributed by atoms with Crippen LogP contribution < -0.4 is 5.32 Å². The van der Waals surface area contributed by atoms with Gasteiger partial charge in [0.2, 0.25) is 0 Å². The SMILES string of the molecule is CCc1ccc(C(C)NCc2c(C(=O)O)cnn2C)cc1. The number of carboxylic acids is 1. The van der Waals surface area contributed by atoms with E-state index < -0.39 is 5.97 Å². The van der Waals surface area contributed by atoms with Crippen molar-refractivity contribution < 1.29 is 9.90 Å². The fraction of sp³-hybridized carbons (Fsp3) is 0.375. The Kier molecular flexibility index (Phi) is 4.75. The van der Waals surface area contributed by atoms with Crippen molar-refractivity contribution in [1.82, 2.24) is 15.1 Å². The molecule has 0 aliphatic heterocycles. The first-order chi connectivity index (χ1) is 10.0. The smallest absolute Gasteiger partial charge is 0.339 e. The van der Waals surface area contributed by atoms with Crippen molar-refractivity contribution in [2.24, 2.45) is 7.05 Å². The third-order valence-electron chi connectivity index (χ3n) is 3.76. The first-order valence-electron chi connectivity index (χ1n) is 7.09. The number of benzene rings is 1. The Morgan fingerprint density at radius 2 is 2.05 bits per heavy atom. The highest BCUT2D eigenvalue weighted by Gasteiger charge is 2.15. The van der Waals surface area contributed by atoms with E-state index in [1.54, 1.807) is 11.7 Å². The maximum Gasteiger partial charge on any atom is 0.339 e. The highest BCUT2D eigenvalue weighted by Crippen LogP contribution is 2.15. The van der Waals surface area contributed by atoms with Gasteiger partial charge in [-0.1, -0.05) is 31.2 Å².